The predicted molar refractivity (Wildman–Crippen MR) is 84.9 cm³/mol. The SMILES string of the molecule is CCNC(=NCC(C)(C)S(C)(=O)=O)NC1CCCCC1. The van der Waals surface area contributed by atoms with E-state index in [9.17, 15) is 8.42 Å². The topological polar surface area (TPSA) is 70.6 Å². The van der Waals surface area contributed by atoms with E-state index in [2.05, 4.69) is 15.6 Å². The molecule has 1 saturated carbocycles. The first-order valence-corrected chi connectivity index (χ1v) is 9.40. The fourth-order valence-corrected chi connectivity index (χ4v) is 2.45. The summed E-state index contributed by atoms with van der Waals surface area (Å²) in [5, 5.41) is 6.62. The largest absolute Gasteiger partial charge is 0.357 e. The number of nitrogens with one attached hydrogen (secondary N) is 2. The van der Waals surface area contributed by atoms with E-state index in [0.717, 1.165) is 12.5 Å². The van der Waals surface area contributed by atoms with Crippen LogP contribution in [0.1, 0.15) is 52.9 Å². The van der Waals surface area contributed by atoms with Gasteiger partial charge in [0, 0.05) is 18.8 Å². The standard InChI is InChI=1S/C14H29N3O2S/c1-5-15-13(17-12-9-7-6-8-10-12)16-11-14(2,3)20(4,18)19/h12H,5-11H2,1-4H3,(H2,15,16,17). The first-order valence-electron chi connectivity index (χ1n) is 7.50. The molecule has 1 fully saturated rings. The molecule has 6 heteroatoms. The van der Waals surface area contributed by atoms with Gasteiger partial charge in [-0.15, -0.1) is 0 Å². The predicted octanol–water partition coefficient (Wildman–Crippen LogP) is 1.70. The highest BCUT2D eigenvalue weighted by atomic mass is 32.2. The van der Waals surface area contributed by atoms with Gasteiger partial charge in [-0.2, -0.15) is 0 Å². The molecule has 0 saturated heterocycles. The summed E-state index contributed by atoms with van der Waals surface area (Å²) < 4.78 is 22.6. The molecule has 0 unspecified atom stereocenters. The van der Waals surface area contributed by atoms with Crippen molar-refractivity contribution in [3.8, 4) is 0 Å². The number of hydrogen-bond donors (Lipinski definition) is 2. The zero-order valence-corrected chi connectivity index (χ0v) is 14.0. The molecule has 2 N–H and O–H groups in total. The molecule has 5 nitrogen and oxygen atoms in total. The second kappa shape index (κ2) is 7.29. The summed E-state index contributed by atoms with van der Waals surface area (Å²) >= 11 is 0. The van der Waals surface area contributed by atoms with Crippen molar-refractivity contribution < 1.29 is 8.42 Å². The minimum absolute atomic E-state index is 0.272. The van der Waals surface area contributed by atoms with E-state index in [1.807, 2.05) is 6.92 Å². The molecule has 1 rings (SSSR count). The van der Waals surface area contributed by atoms with Crippen LogP contribution in [0, 0.1) is 0 Å². The van der Waals surface area contributed by atoms with Gasteiger partial charge in [-0.1, -0.05) is 19.3 Å². The lowest BCUT2D eigenvalue weighted by molar-refractivity contribution is 0.410. The van der Waals surface area contributed by atoms with E-state index in [4.69, 9.17) is 0 Å². The fraction of sp³-hybridized carbons (Fsp3) is 0.929. The Hall–Kier alpha value is -0.780. The number of aliphatic imine (C=N–C) groups is 1. The number of hydrogen-bond acceptors (Lipinski definition) is 3. The highest BCUT2D eigenvalue weighted by Gasteiger charge is 2.30. The molecule has 0 aromatic carbocycles. The van der Waals surface area contributed by atoms with Gasteiger partial charge in [-0.05, 0) is 33.6 Å². The molecular weight excluding hydrogens is 274 g/mol. The van der Waals surface area contributed by atoms with Crippen LogP contribution >= 0.6 is 0 Å². The van der Waals surface area contributed by atoms with Crippen LogP contribution in [0.2, 0.25) is 0 Å². The van der Waals surface area contributed by atoms with Crippen LogP contribution in [0.5, 0.6) is 0 Å². The molecule has 0 aromatic rings. The zero-order chi connectivity index (χ0) is 15.2. The summed E-state index contributed by atoms with van der Waals surface area (Å²) in [6, 6.07) is 0.461. The van der Waals surface area contributed by atoms with E-state index in [-0.39, 0.29) is 6.54 Å². The summed E-state index contributed by atoms with van der Waals surface area (Å²) in [6.07, 6.45) is 7.43. The van der Waals surface area contributed by atoms with Crippen molar-refractivity contribution in [1.29, 1.82) is 0 Å². The number of guanidine groups is 1. The maximum absolute atomic E-state index is 11.7. The maximum Gasteiger partial charge on any atom is 0.191 e. The molecule has 118 valence electrons. The van der Waals surface area contributed by atoms with Gasteiger partial charge in [0.15, 0.2) is 15.8 Å². The third-order valence-corrected chi connectivity index (χ3v) is 6.05. The van der Waals surface area contributed by atoms with E-state index in [1.54, 1.807) is 13.8 Å². The number of sulfone groups is 1. The second-order valence-corrected chi connectivity index (χ2v) is 8.86. The van der Waals surface area contributed by atoms with Crippen molar-refractivity contribution in [3.63, 3.8) is 0 Å². The van der Waals surface area contributed by atoms with Crippen LogP contribution in [0.15, 0.2) is 4.99 Å². The average Bonchev–Trinajstić information content (AvgIpc) is 2.36. The minimum Gasteiger partial charge on any atom is -0.357 e. The van der Waals surface area contributed by atoms with Gasteiger partial charge in [0.05, 0.1) is 11.3 Å². The molecule has 0 aromatic heterocycles. The average molecular weight is 303 g/mol. The summed E-state index contributed by atoms with van der Waals surface area (Å²) in [5.41, 5.74) is 0. The van der Waals surface area contributed by atoms with Crippen molar-refractivity contribution in [2.75, 3.05) is 19.3 Å². The zero-order valence-electron chi connectivity index (χ0n) is 13.2. The molecule has 0 bridgehead atoms. The van der Waals surface area contributed by atoms with Gasteiger partial charge in [-0.25, -0.2) is 8.42 Å². The van der Waals surface area contributed by atoms with Gasteiger partial charge in [-0.3, -0.25) is 4.99 Å². The Morgan fingerprint density at radius 3 is 2.35 bits per heavy atom. The first-order chi connectivity index (χ1) is 9.26. The highest BCUT2D eigenvalue weighted by Crippen LogP contribution is 2.18. The summed E-state index contributed by atoms with van der Waals surface area (Å²) in [6.45, 7) is 6.50. The van der Waals surface area contributed by atoms with Crippen molar-refractivity contribution in [2.24, 2.45) is 4.99 Å². The molecule has 1 aliphatic carbocycles. The van der Waals surface area contributed by atoms with Crippen LogP contribution in [-0.4, -0.2) is 44.5 Å². The van der Waals surface area contributed by atoms with Gasteiger partial charge in [0.1, 0.15) is 0 Å². The lowest BCUT2D eigenvalue weighted by Crippen LogP contribution is -2.45. The molecule has 20 heavy (non-hydrogen) atoms. The van der Waals surface area contributed by atoms with Gasteiger partial charge in [0.2, 0.25) is 0 Å². The highest BCUT2D eigenvalue weighted by molar-refractivity contribution is 7.92. The van der Waals surface area contributed by atoms with Crippen molar-refractivity contribution >= 4 is 15.8 Å². The lowest BCUT2D eigenvalue weighted by Gasteiger charge is -2.26. The molecular formula is C14H29N3O2S. The van der Waals surface area contributed by atoms with E-state index < -0.39 is 14.6 Å². The van der Waals surface area contributed by atoms with Crippen molar-refractivity contribution in [3.05, 3.63) is 0 Å². The third-order valence-electron chi connectivity index (χ3n) is 3.91. The Balaban J connectivity index is 2.67. The number of nitrogens with zero attached hydrogens (tertiary/aromatic N) is 1. The van der Waals surface area contributed by atoms with Crippen LogP contribution in [0.4, 0.5) is 0 Å². The lowest BCUT2D eigenvalue weighted by atomic mass is 9.96. The molecule has 0 aliphatic heterocycles. The van der Waals surface area contributed by atoms with Crippen molar-refractivity contribution in [2.45, 2.75) is 63.7 Å². The van der Waals surface area contributed by atoms with E-state index in [1.165, 1.54) is 38.4 Å². The Bertz CT molecular complexity index is 424. The number of rotatable bonds is 5. The molecule has 0 radical (unpaired) electrons. The maximum atomic E-state index is 11.7. The summed E-state index contributed by atoms with van der Waals surface area (Å²) in [4.78, 5) is 4.46. The fourth-order valence-electron chi connectivity index (χ4n) is 2.15. The van der Waals surface area contributed by atoms with Crippen LogP contribution in [0.3, 0.4) is 0 Å². The van der Waals surface area contributed by atoms with Crippen LogP contribution < -0.4 is 10.6 Å². The van der Waals surface area contributed by atoms with Gasteiger partial charge < -0.3 is 10.6 Å². The Kier molecular flexibility index (Phi) is 6.30. The summed E-state index contributed by atoms with van der Waals surface area (Å²) in [5.74, 6) is 0.733. The van der Waals surface area contributed by atoms with Gasteiger partial charge >= 0.3 is 0 Å². The molecule has 0 spiro atoms. The summed E-state index contributed by atoms with van der Waals surface area (Å²) in [7, 11) is -3.11. The molecule has 1 aliphatic rings. The smallest absolute Gasteiger partial charge is 0.191 e. The Labute approximate surface area is 123 Å². The van der Waals surface area contributed by atoms with Gasteiger partial charge in [0.25, 0.3) is 0 Å². The second-order valence-electron chi connectivity index (χ2n) is 6.21. The minimum atomic E-state index is -3.11. The normalized spacial score (nSPS) is 18.9. The van der Waals surface area contributed by atoms with Crippen LogP contribution in [-0.2, 0) is 9.84 Å². The Morgan fingerprint density at radius 1 is 1.25 bits per heavy atom. The molecule has 0 atom stereocenters. The monoisotopic (exact) mass is 303 g/mol. The van der Waals surface area contributed by atoms with Crippen molar-refractivity contribution in [1.82, 2.24) is 10.6 Å². The van der Waals surface area contributed by atoms with Crippen LogP contribution in [0.25, 0.3) is 0 Å². The quantitative estimate of drug-likeness (QED) is 0.599. The third kappa shape index (κ3) is 5.31. The van der Waals surface area contributed by atoms with E-state index >= 15 is 0 Å². The molecule has 0 amide bonds. The molecule has 0 heterocycles. The van der Waals surface area contributed by atoms with E-state index in [0.29, 0.717) is 6.04 Å². The Morgan fingerprint density at radius 2 is 1.85 bits per heavy atom. The first kappa shape index (κ1) is 17.3.